The Kier molecular flexibility index (Phi) is 5.70. The van der Waals surface area contributed by atoms with Crippen LogP contribution < -0.4 is 5.32 Å². The second kappa shape index (κ2) is 8.80. The Balaban J connectivity index is 1.40. The summed E-state index contributed by atoms with van der Waals surface area (Å²) in [6, 6.07) is 11.1. The van der Waals surface area contributed by atoms with Crippen molar-refractivity contribution in [1.82, 2.24) is 30.1 Å². The molecule has 3 heterocycles. The molecule has 172 valence electrons. The molecule has 2 aliphatic rings. The maximum absolute atomic E-state index is 13.1. The Morgan fingerprint density at radius 3 is 2.58 bits per heavy atom. The molecule has 1 aromatic carbocycles. The number of hydrogen-bond acceptors (Lipinski definition) is 6. The largest absolute Gasteiger partial charge is 0.347 e. The standard InChI is InChI=1S/C24H28N6O3/c1-15-12-20(29(2)27-15)22(31)25-19-14-17(24(32)30-10-6-7-11-30)13-18(19)23-26-21(28-33-23)16-8-4-3-5-9-16/h3-5,8-9,12,17-19H,6-7,10-11,13-14H2,1-2H3,(H,25,31)/t17-,18-,19+/m1/s1. The second-order valence-corrected chi connectivity index (χ2v) is 9.00. The van der Waals surface area contributed by atoms with Crippen LogP contribution >= 0.6 is 0 Å². The minimum atomic E-state index is -0.284. The summed E-state index contributed by atoms with van der Waals surface area (Å²) in [7, 11) is 1.75. The van der Waals surface area contributed by atoms with Crippen LogP contribution in [-0.2, 0) is 11.8 Å². The molecule has 2 amide bonds. The van der Waals surface area contributed by atoms with Crippen LogP contribution in [0.2, 0.25) is 0 Å². The number of rotatable bonds is 5. The molecular formula is C24H28N6O3. The van der Waals surface area contributed by atoms with Crippen LogP contribution in [0.5, 0.6) is 0 Å². The van der Waals surface area contributed by atoms with E-state index in [9.17, 15) is 9.59 Å². The summed E-state index contributed by atoms with van der Waals surface area (Å²) in [6.07, 6.45) is 3.21. The fourth-order valence-corrected chi connectivity index (χ4v) is 5.02. The van der Waals surface area contributed by atoms with Crippen LogP contribution in [-0.4, -0.2) is 55.8 Å². The summed E-state index contributed by atoms with van der Waals surface area (Å²) >= 11 is 0. The minimum Gasteiger partial charge on any atom is -0.347 e. The van der Waals surface area contributed by atoms with E-state index in [0.717, 1.165) is 37.2 Å². The van der Waals surface area contributed by atoms with Crippen molar-refractivity contribution in [2.45, 2.75) is 44.6 Å². The quantitative estimate of drug-likeness (QED) is 0.643. The van der Waals surface area contributed by atoms with Crippen molar-refractivity contribution in [3.63, 3.8) is 0 Å². The third-order valence-electron chi connectivity index (χ3n) is 6.67. The highest BCUT2D eigenvalue weighted by Crippen LogP contribution is 2.40. The lowest BCUT2D eigenvalue weighted by atomic mass is 10.0. The number of aryl methyl sites for hydroxylation is 2. The first-order valence-corrected chi connectivity index (χ1v) is 11.5. The Labute approximate surface area is 192 Å². The second-order valence-electron chi connectivity index (χ2n) is 9.00. The number of likely N-dealkylation sites (tertiary alicyclic amines) is 1. The zero-order chi connectivity index (χ0) is 22.9. The molecule has 3 aromatic rings. The van der Waals surface area contributed by atoms with E-state index >= 15 is 0 Å². The summed E-state index contributed by atoms with van der Waals surface area (Å²) in [4.78, 5) is 32.8. The fourth-order valence-electron chi connectivity index (χ4n) is 5.02. The number of aromatic nitrogens is 4. The Morgan fingerprint density at radius 2 is 1.88 bits per heavy atom. The maximum atomic E-state index is 13.1. The SMILES string of the molecule is Cc1cc(C(=O)N[C@H]2C[C@H](C(=O)N3CCCC3)C[C@H]2c2nc(-c3ccccc3)no2)n(C)n1. The molecule has 0 bridgehead atoms. The van der Waals surface area contributed by atoms with Crippen molar-refractivity contribution in [1.29, 1.82) is 0 Å². The minimum absolute atomic E-state index is 0.161. The third kappa shape index (κ3) is 4.27. The summed E-state index contributed by atoms with van der Waals surface area (Å²) in [5.41, 5.74) is 2.12. The van der Waals surface area contributed by atoms with Crippen molar-refractivity contribution in [3.05, 3.63) is 53.7 Å². The molecule has 9 heteroatoms. The van der Waals surface area contributed by atoms with Gasteiger partial charge in [0, 0.05) is 37.7 Å². The van der Waals surface area contributed by atoms with Gasteiger partial charge in [-0.1, -0.05) is 35.5 Å². The molecule has 1 N–H and O–H groups in total. The van der Waals surface area contributed by atoms with Crippen LogP contribution in [0.15, 0.2) is 40.9 Å². The van der Waals surface area contributed by atoms with Gasteiger partial charge in [-0.3, -0.25) is 14.3 Å². The van der Waals surface area contributed by atoms with Gasteiger partial charge in [-0.15, -0.1) is 0 Å². The van der Waals surface area contributed by atoms with Crippen LogP contribution in [0.25, 0.3) is 11.4 Å². The number of nitrogens with zero attached hydrogens (tertiary/aromatic N) is 5. The first-order chi connectivity index (χ1) is 16.0. The van der Waals surface area contributed by atoms with E-state index < -0.39 is 0 Å². The number of carbonyl (C=O) groups is 2. The highest BCUT2D eigenvalue weighted by atomic mass is 16.5. The van der Waals surface area contributed by atoms with Gasteiger partial charge in [0.05, 0.1) is 11.6 Å². The molecule has 1 saturated carbocycles. The maximum Gasteiger partial charge on any atom is 0.269 e. The van der Waals surface area contributed by atoms with Gasteiger partial charge in [0.1, 0.15) is 5.69 Å². The van der Waals surface area contributed by atoms with Crippen LogP contribution in [0.3, 0.4) is 0 Å². The molecular weight excluding hydrogens is 420 g/mol. The predicted octanol–water partition coefficient (Wildman–Crippen LogP) is 2.69. The summed E-state index contributed by atoms with van der Waals surface area (Å²) in [6.45, 7) is 3.47. The first kappa shape index (κ1) is 21.4. The van der Waals surface area contributed by atoms with Crippen LogP contribution in [0.1, 0.15) is 53.7 Å². The summed E-state index contributed by atoms with van der Waals surface area (Å²) in [5, 5.41) is 11.6. The van der Waals surface area contributed by atoms with Crippen molar-refractivity contribution in [2.24, 2.45) is 13.0 Å². The molecule has 0 radical (unpaired) electrons. The molecule has 1 aliphatic carbocycles. The molecule has 3 atom stereocenters. The van der Waals surface area contributed by atoms with Gasteiger partial charge in [0.15, 0.2) is 0 Å². The smallest absolute Gasteiger partial charge is 0.269 e. The molecule has 2 aromatic heterocycles. The number of benzene rings is 1. The number of carbonyl (C=O) groups excluding carboxylic acids is 2. The van der Waals surface area contributed by atoms with E-state index in [0.29, 0.717) is 30.3 Å². The fraction of sp³-hybridized carbons (Fsp3) is 0.458. The van der Waals surface area contributed by atoms with E-state index in [1.165, 1.54) is 0 Å². The average Bonchev–Trinajstić information content (AvgIpc) is 3.61. The van der Waals surface area contributed by atoms with E-state index in [2.05, 4.69) is 20.6 Å². The van der Waals surface area contributed by atoms with Crippen molar-refractivity contribution in [3.8, 4) is 11.4 Å². The normalized spacial score (nSPS) is 22.6. The van der Waals surface area contributed by atoms with E-state index in [1.807, 2.05) is 42.2 Å². The van der Waals surface area contributed by atoms with Crippen molar-refractivity contribution in [2.75, 3.05) is 13.1 Å². The van der Waals surface area contributed by atoms with Gasteiger partial charge in [-0.05, 0) is 38.7 Å². The molecule has 9 nitrogen and oxygen atoms in total. The lowest BCUT2D eigenvalue weighted by molar-refractivity contribution is -0.134. The lowest BCUT2D eigenvalue weighted by Crippen LogP contribution is -2.38. The monoisotopic (exact) mass is 448 g/mol. The summed E-state index contributed by atoms with van der Waals surface area (Å²) < 4.78 is 7.22. The molecule has 1 saturated heterocycles. The van der Waals surface area contributed by atoms with Gasteiger partial charge in [0.25, 0.3) is 5.91 Å². The first-order valence-electron chi connectivity index (χ1n) is 11.5. The zero-order valence-electron chi connectivity index (χ0n) is 18.9. The van der Waals surface area contributed by atoms with E-state index in [-0.39, 0.29) is 29.7 Å². The van der Waals surface area contributed by atoms with Crippen LogP contribution in [0, 0.1) is 12.8 Å². The summed E-state index contributed by atoms with van der Waals surface area (Å²) in [5.74, 6) is 0.492. The average molecular weight is 449 g/mol. The van der Waals surface area contributed by atoms with Crippen LogP contribution in [0.4, 0.5) is 0 Å². The Hall–Kier alpha value is -3.49. The molecule has 33 heavy (non-hydrogen) atoms. The molecule has 1 aliphatic heterocycles. The predicted molar refractivity (Wildman–Crippen MR) is 120 cm³/mol. The van der Waals surface area contributed by atoms with E-state index in [4.69, 9.17) is 4.52 Å². The molecule has 2 fully saturated rings. The third-order valence-corrected chi connectivity index (χ3v) is 6.67. The Bertz CT molecular complexity index is 1150. The molecule has 5 rings (SSSR count). The molecule has 0 unspecified atom stereocenters. The lowest BCUT2D eigenvalue weighted by Gasteiger charge is -2.20. The zero-order valence-corrected chi connectivity index (χ0v) is 18.9. The molecule has 0 spiro atoms. The number of nitrogens with one attached hydrogen (secondary N) is 1. The van der Waals surface area contributed by atoms with Crippen molar-refractivity contribution < 1.29 is 14.1 Å². The van der Waals surface area contributed by atoms with E-state index in [1.54, 1.807) is 17.8 Å². The number of amides is 2. The van der Waals surface area contributed by atoms with Gasteiger partial charge in [0.2, 0.25) is 17.6 Å². The Morgan fingerprint density at radius 1 is 1.12 bits per heavy atom. The van der Waals surface area contributed by atoms with Gasteiger partial charge in [-0.25, -0.2) is 0 Å². The van der Waals surface area contributed by atoms with Gasteiger partial charge in [-0.2, -0.15) is 10.1 Å². The van der Waals surface area contributed by atoms with Gasteiger partial charge < -0.3 is 14.7 Å². The number of hydrogen-bond donors (Lipinski definition) is 1. The highest BCUT2D eigenvalue weighted by Gasteiger charge is 2.44. The highest BCUT2D eigenvalue weighted by molar-refractivity contribution is 5.93. The topological polar surface area (TPSA) is 106 Å². The van der Waals surface area contributed by atoms with Crippen molar-refractivity contribution >= 4 is 11.8 Å². The van der Waals surface area contributed by atoms with Gasteiger partial charge >= 0.3 is 0 Å².